The van der Waals surface area contributed by atoms with Gasteiger partial charge in [0.25, 0.3) is 0 Å². The van der Waals surface area contributed by atoms with Crippen molar-refractivity contribution in [1.82, 2.24) is 16.0 Å². The molecule has 0 aromatic heterocycles. The van der Waals surface area contributed by atoms with Gasteiger partial charge in [0, 0.05) is 17.9 Å². The largest absolute Gasteiger partial charge is 0.480 e. The molecule has 4 unspecified atom stereocenters. The number of carbonyl (C=O) groups excluding carboxylic acids is 4. The molecule has 0 aliphatic heterocycles. The van der Waals surface area contributed by atoms with E-state index in [-0.39, 0.29) is 24.3 Å². The highest BCUT2D eigenvalue weighted by atomic mass is 32.1. The van der Waals surface area contributed by atoms with Crippen LogP contribution in [0.5, 0.6) is 0 Å². The van der Waals surface area contributed by atoms with Crippen LogP contribution in [0, 0.1) is 0 Å². The fourth-order valence-electron chi connectivity index (χ4n) is 1.76. The summed E-state index contributed by atoms with van der Waals surface area (Å²) >= 11 is 7.85. The molecule has 0 rings (SSSR count). The lowest BCUT2D eigenvalue weighted by atomic mass is 10.1. The van der Waals surface area contributed by atoms with Crippen molar-refractivity contribution in [1.29, 1.82) is 0 Å². The quantitative estimate of drug-likeness (QED) is 0.153. The highest BCUT2D eigenvalue weighted by Crippen LogP contribution is 2.01. The van der Waals surface area contributed by atoms with Gasteiger partial charge in [-0.1, -0.05) is 0 Å². The molecule has 4 amide bonds. The zero-order valence-corrected chi connectivity index (χ0v) is 16.5. The number of carboxylic acid groups (broad SMARTS) is 1. The maximum Gasteiger partial charge on any atom is 0.325 e. The third-order valence-corrected chi connectivity index (χ3v) is 4.15. The first-order valence-corrected chi connectivity index (χ1v) is 9.19. The number of hydrogen-bond acceptors (Lipinski definition) is 8. The molecule has 8 N–H and O–H groups in total. The second-order valence-corrected chi connectivity index (χ2v) is 6.40. The molecule has 0 saturated carbocycles. The summed E-state index contributed by atoms with van der Waals surface area (Å²) in [5.74, 6) is -4.23. The van der Waals surface area contributed by atoms with Crippen LogP contribution in [0.4, 0.5) is 0 Å². The number of aliphatic carboxylic acids is 1. The molecule has 0 spiro atoms. The topological polar surface area (TPSA) is 194 Å². The van der Waals surface area contributed by atoms with E-state index in [0.29, 0.717) is 0 Å². The van der Waals surface area contributed by atoms with E-state index in [0.717, 1.165) is 0 Å². The average molecular weight is 424 g/mol. The first-order valence-electron chi connectivity index (χ1n) is 7.93. The highest BCUT2D eigenvalue weighted by Gasteiger charge is 2.28. The number of nitrogens with two attached hydrogens (primary N) is 2. The van der Waals surface area contributed by atoms with Crippen molar-refractivity contribution in [2.24, 2.45) is 11.5 Å². The summed E-state index contributed by atoms with van der Waals surface area (Å²) in [6, 6.07) is -4.48. The van der Waals surface area contributed by atoms with Crippen molar-refractivity contribution in [3.63, 3.8) is 0 Å². The van der Waals surface area contributed by atoms with Gasteiger partial charge in [-0.25, -0.2) is 0 Å². The highest BCUT2D eigenvalue weighted by molar-refractivity contribution is 7.80. The predicted molar refractivity (Wildman–Crippen MR) is 103 cm³/mol. The molecule has 0 radical (unpaired) electrons. The number of carboxylic acids is 1. The number of rotatable bonds is 12. The minimum Gasteiger partial charge on any atom is -0.480 e. The zero-order chi connectivity index (χ0) is 21.1. The summed E-state index contributed by atoms with van der Waals surface area (Å²) in [6.07, 6.45) is -0.305. The van der Waals surface area contributed by atoms with Crippen molar-refractivity contribution in [3.8, 4) is 0 Å². The summed E-state index contributed by atoms with van der Waals surface area (Å²) in [7, 11) is 0. The average Bonchev–Trinajstić information content (AvgIpc) is 2.61. The fourth-order valence-corrected chi connectivity index (χ4v) is 2.18. The number of carbonyl (C=O) groups is 5. The van der Waals surface area contributed by atoms with E-state index in [2.05, 4.69) is 41.2 Å². The number of thiol groups is 2. The minimum absolute atomic E-state index is 0.0325. The van der Waals surface area contributed by atoms with Gasteiger partial charge < -0.3 is 32.5 Å². The van der Waals surface area contributed by atoms with Crippen molar-refractivity contribution >= 4 is 54.9 Å². The Labute approximate surface area is 167 Å². The number of nitrogens with one attached hydrogen (secondary N) is 3. The van der Waals surface area contributed by atoms with Gasteiger partial charge in [-0.3, -0.25) is 24.0 Å². The van der Waals surface area contributed by atoms with Gasteiger partial charge in [0.05, 0.1) is 6.04 Å². The Kier molecular flexibility index (Phi) is 11.5. The summed E-state index contributed by atoms with van der Waals surface area (Å²) in [5.41, 5.74) is 10.6. The summed E-state index contributed by atoms with van der Waals surface area (Å²) < 4.78 is 0. The first-order chi connectivity index (χ1) is 12.5. The van der Waals surface area contributed by atoms with E-state index in [4.69, 9.17) is 16.6 Å². The maximum atomic E-state index is 12.4. The molecule has 4 atom stereocenters. The van der Waals surface area contributed by atoms with Crippen molar-refractivity contribution < 1.29 is 29.1 Å². The van der Waals surface area contributed by atoms with Gasteiger partial charge in [-0.2, -0.15) is 25.3 Å². The van der Waals surface area contributed by atoms with Gasteiger partial charge in [0.15, 0.2) is 0 Å². The van der Waals surface area contributed by atoms with Crippen molar-refractivity contribution in [3.05, 3.63) is 0 Å². The van der Waals surface area contributed by atoms with Gasteiger partial charge in [0.2, 0.25) is 23.6 Å². The Balaban J connectivity index is 5.10. The second-order valence-electron chi connectivity index (χ2n) is 5.67. The first kappa shape index (κ1) is 25.0. The minimum atomic E-state index is -1.25. The van der Waals surface area contributed by atoms with E-state index in [1.54, 1.807) is 0 Å². The molecule has 0 fully saturated rings. The van der Waals surface area contributed by atoms with Crippen molar-refractivity contribution in [2.75, 3.05) is 11.5 Å². The third-order valence-electron chi connectivity index (χ3n) is 3.39. The molecule has 11 nitrogen and oxygen atoms in total. The Morgan fingerprint density at radius 1 is 0.926 bits per heavy atom. The van der Waals surface area contributed by atoms with E-state index in [1.807, 2.05) is 0 Å². The lowest BCUT2D eigenvalue weighted by molar-refractivity contribution is -0.141. The normalized spacial score (nSPS) is 15.0. The van der Waals surface area contributed by atoms with E-state index in [9.17, 15) is 24.0 Å². The standard InChI is InChI=1S/C14H25N5O6S2/c1-6(14(24)25)17-13(23)9(5-27)19-12(22)8(2-3-10(16)20)18-11(21)7(15)4-26/h6-9,26-27H,2-5,15H2,1H3,(H2,16,20)(H,17,23)(H,18,21)(H,19,22)(H,24,25). The van der Waals surface area contributed by atoms with E-state index < -0.39 is 53.8 Å². The molecule has 0 aliphatic carbocycles. The van der Waals surface area contributed by atoms with Crippen LogP contribution in [0.3, 0.4) is 0 Å². The Morgan fingerprint density at radius 2 is 1.44 bits per heavy atom. The molecule has 0 saturated heterocycles. The van der Waals surface area contributed by atoms with Gasteiger partial charge in [-0.15, -0.1) is 0 Å². The summed E-state index contributed by atoms with van der Waals surface area (Å²) in [6.45, 7) is 1.26. The second kappa shape index (κ2) is 12.4. The fraction of sp³-hybridized carbons (Fsp3) is 0.643. The maximum absolute atomic E-state index is 12.4. The van der Waals surface area contributed by atoms with E-state index >= 15 is 0 Å². The molecular formula is C14H25N5O6S2. The van der Waals surface area contributed by atoms with Gasteiger partial charge >= 0.3 is 5.97 Å². The molecule has 0 aliphatic rings. The lowest BCUT2D eigenvalue weighted by Crippen LogP contribution is -2.57. The van der Waals surface area contributed by atoms with E-state index in [1.165, 1.54) is 6.92 Å². The molecule has 0 aromatic rings. The molecule has 0 bridgehead atoms. The Hall–Kier alpha value is -1.99. The van der Waals surface area contributed by atoms with Crippen LogP contribution in [0.15, 0.2) is 0 Å². The predicted octanol–water partition coefficient (Wildman–Crippen LogP) is -3.00. The zero-order valence-electron chi connectivity index (χ0n) is 14.7. The van der Waals surface area contributed by atoms with Crippen LogP contribution in [0.2, 0.25) is 0 Å². The number of amides is 4. The SMILES string of the molecule is CC(NC(=O)C(CS)NC(=O)C(CCC(N)=O)NC(=O)C(N)CS)C(=O)O. The molecular weight excluding hydrogens is 398 g/mol. The van der Waals surface area contributed by atoms with Crippen LogP contribution in [-0.4, -0.2) is 70.4 Å². The third kappa shape index (κ3) is 9.49. The van der Waals surface area contributed by atoms with Crippen molar-refractivity contribution in [2.45, 2.75) is 43.9 Å². The monoisotopic (exact) mass is 423 g/mol. The molecule has 0 heterocycles. The van der Waals surface area contributed by atoms with Crippen LogP contribution >= 0.6 is 25.3 Å². The molecule has 0 aromatic carbocycles. The Bertz CT molecular complexity index is 576. The van der Waals surface area contributed by atoms with Gasteiger partial charge in [0.1, 0.15) is 18.1 Å². The summed E-state index contributed by atoms with van der Waals surface area (Å²) in [5, 5.41) is 15.7. The smallest absolute Gasteiger partial charge is 0.325 e. The molecule has 13 heteroatoms. The number of hydrogen-bond donors (Lipinski definition) is 8. The lowest BCUT2D eigenvalue weighted by Gasteiger charge is -2.23. The molecule has 154 valence electrons. The van der Waals surface area contributed by atoms with Crippen LogP contribution < -0.4 is 27.4 Å². The summed E-state index contributed by atoms with van der Waals surface area (Å²) in [4.78, 5) is 58.2. The van der Waals surface area contributed by atoms with Crippen LogP contribution in [0.1, 0.15) is 19.8 Å². The molecule has 27 heavy (non-hydrogen) atoms. The van der Waals surface area contributed by atoms with Gasteiger partial charge in [-0.05, 0) is 13.3 Å². The number of primary amides is 1. The van der Waals surface area contributed by atoms with Crippen LogP contribution in [0.25, 0.3) is 0 Å². The Morgan fingerprint density at radius 3 is 1.89 bits per heavy atom. The van der Waals surface area contributed by atoms with Crippen LogP contribution in [-0.2, 0) is 24.0 Å².